The molecule has 2 heterocycles. The SMILES string of the molecule is CC1CN(C)CCC1Nc1cnn(C(C)C)c(=O)c1Br. The van der Waals surface area contributed by atoms with Crippen LogP contribution in [-0.2, 0) is 0 Å². The van der Waals surface area contributed by atoms with Gasteiger partial charge in [-0.2, -0.15) is 5.10 Å². The van der Waals surface area contributed by atoms with E-state index in [1.165, 1.54) is 4.68 Å². The Bertz CT molecular complexity index is 528. The van der Waals surface area contributed by atoms with Crippen LogP contribution in [0.15, 0.2) is 15.5 Å². The van der Waals surface area contributed by atoms with Crippen molar-refractivity contribution >= 4 is 21.6 Å². The van der Waals surface area contributed by atoms with E-state index in [0.717, 1.165) is 25.2 Å². The van der Waals surface area contributed by atoms with Crippen LogP contribution in [0.1, 0.15) is 33.2 Å². The molecule has 1 aliphatic rings. The van der Waals surface area contributed by atoms with Gasteiger partial charge in [-0.05, 0) is 55.7 Å². The minimum atomic E-state index is -0.0782. The van der Waals surface area contributed by atoms with Gasteiger partial charge in [0.1, 0.15) is 4.47 Å². The van der Waals surface area contributed by atoms with Gasteiger partial charge in [-0.25, -0.2) is 4.68 Å². The third-order valence-corrected chi connectivity index (χ3v) is 4.65. The molecule has 2 unspecified atom stereocenters. The standard InChI is InChI=1S/C14H23BrN4O/c1-9(2)19-14(20)13(15)12(7-16-19)17-11-5-6-18(4)8-10(11)3/h7,9-11,17H,5-6,8H2,1-4H3. The van der Waals surface area contributed by atoms with Crippen molar-refractivity contribution in [2.24, 2.45) is 5.92 Å². The van der Waals surface area contributed by atoms with Gasteiger partial charge < -0.3 is 10.2 Å². The predicted octanol–water partition coefficient (Wildman–Crippen LogP) is 2.34. The number of halogens is 1. The van der Waals surface area contributed by atoms with E-state index in [4.69, 9.17) is 0 Å². The first-order valence-electron chi connectivity index (χ1n) is 7.12. The molecule has 112 valence electrons. The molecule has 0 radical (unpaired) electrons. The molecule has 2 atom stereocenters. The van der Waals surface area contributed by atoms with Gasteiger partial charge in [-0.1, -0.05) is 6.92 Å². The molecule has 1 aliphatic heterocycles. The molecular weight excluding hydrogens is 320 g/mol. The molecule has 0 spiro atoms. The zero-order chi connectivity index (χ0) is 14.9. The van der Waals surface area contributed by atoms with E-state index in [1.807, 2.05) is 13.8 Å². The maximum absolute atomic E-state index is 12.2. The molecule has 2 rings (SSSR count). The fourth-order valence-electron chi connectivity index (χ4n) is 2.68. The summed E-state index contributed by atoms with van der Waals surface area (Å²) in [5, 5.41) is 7.72. The lowest BCUT2D eigenvalue weighted by molar-refractivity contribution is 0.206. The van der Waals surface area contributed by atoms with E-state index in [2.05, 4.69) is 45.2 Å². The van der Waals surface area contributed by atoms with Crippen LogP contribution in [0, 0.1) is 5.92 Å². The molecule has 5 nitrogen and oxygen atoms in total. The van der Waals surface area contributed by atoms with Crippen LogP contribution >= 0.6 is 15.9 Å². The first kappa shape index (κ1) is 15.5. The smallest absolute Gasteiger partial charge is 0.283 e. The molecule has 6 heteroatoms. The second-order valence-electron chi connectivity index (χ2n) is 5.99. The van der Waals surface area contributed by atoms with Crippen molar-refractivity contribution in [3.63, 3.8) is 0 Å². The minimum absolute atomic E-state index is 0.0649. The molecule has 0 aromatic carbocycles. The molecule has 0 saturated carbocycles. The maximum Gasteiger partial charge on any atom is 0.283 e. The van der Waals surface area contributed by atoms with Crippen molar-refractivity contribution in [2.45, 2.75) is 39.3 Å². The van der Waals surface area contributed by atoms with Gasteiger partial charge in [0, 0.05) is 12.6 Å². The van der Waals surface area contributed by atoms with Gasteiger partial charge in [-0.3, -0.25) is 4.79 Å². The number of hydrogen-bond donors (Lipinski definition) is 1. The average molecular weight is 343 g/mol. The van der Waals surface area contributed by atoms with Crippen molar-refractivity contribution in [3.05, 3.63) is 21.0 Å². The van der Waals surface area contributed by atoms with E-state index in [1.54, 1.807) is 6.20 Å². The number of nitrogens with one attached hydrogen (secondary N) is 1. The minimum Gasteiger partial charge on any atom is -0.380 e. The Morgan fingerprint density at radius 3 is 2.80 bits per heavy atom. The van der Waals surface area contributed by atoms with Gasteiger partial charge in [0.05, 0.1) is 17.9 Å². The number of piperidine rings is 1. The lowest BCUT2D eigenvalue weighted by Crippen LogP contribution is -2.43. The highest BCUT2D eigenvalue weighted by Gasteiger charge is 2.25. The van der Waals surface area contributed by atoms with Crippen LogP contribution < -0.4 is 10.9 Å². The highest BCUT2D eigenvalue weighted by molar-refractivity contribution is 9.10. The molecule has 1 saturated heterocycles. The second kappa shape index (κ2) is 6.26. The summed E-state index contributed by atoms with van der Waals surface area (Å²) in [7, 11) is 2.15. The van der Waals surface area contributed by atoms with Crippen molar-refractivity contribution in [1.29, 1.82) is 0 Å². The van der Waals surface area contributed by atoms with Gasteiger partial charge in [0.15, 0.2) is 0 Å². The molecule has 0 aliphatic carbocycles. The molecule has 1 N–H and O–H groups in total. The molecule has 1 aromatic heterocycles. The first-order valence-corrected chi connectivity index (χ1v) is 7.92. The van der Waals surface area contributed by atoms with Gasteiger partial charge in [0.2, 0.25) is 0 Å². The van der Waals surface area contributed by atoms with Gasteiger partial charge in [0.25, 0.3) is 5.56 Å². The van der Waals surface area contributed by atoms with Crippen LogP contribution in [0.3, 0.4) is 0 Å². The number of rotatable bonds is 3. The van der Waals surface area contributed by atoms with Crippen molar-refractivity contribution in [2.75, 3.05) is 25.5 Å². The summed E-state index contributed by atoms with van der Waals surface area (Å²) in [4.78, 5) is 14.6. The van der Waals surface area contributed by atoms with Gasteiger partial charge >= 0.3 is 0 Å². The number of likely N-dealkylation sites (tertiary alicyclic amines) is 1. The number of nitrogens with zero attached hydrogens (tertiary/aromatic N) is 3. The summed E-state index contributed by atoms with van der Waals surface area (Å²) >= 11 is 3.41. The van der Waals surface area contributed by atoms with Crippen LogP contribution in [0.4, 0.5) is 5.69 Å². The number of aromatic nitrogens is 2. The van der Waals surface area contributed by atoms with Crippen LogP contribution in [0.2, 0.25) is 0 Å². The Kier molecular flexibility index (Phi) is 4.86. The third kappa shape index (κ3) is 3.23. The van der Waals surface area contributed by atoms with Crippen molar-refractivity contribution in [3.8, 4) is 0 Å². The Morgan fingerprint density at radius 2 is 2.20 bits per heavy atom. The fraction of sp³-hybridized carbons (Fsp3) is 0.714. The molecule has 1 aromatic rings. The van der Waals surface area contributed by atoms with Crippen LogP contribution in [0.25, 0.3) is 0 Å². The zero-order valence-corrected chi connectivity index (χ0v) is 14.1. The van der Waals surface area contributed by atoms with Crippen LogP contribution in [-0.4, -0.2) is 40.9 Å². The molecule has 0 bridgehead atoms. The Morgan fingerprint density at radius 1 is 1.50 bits per heavy atom. The molecule has 20 heavy (non-hydrogen) atoms. The number of hydrogen-bond acceptors (Lipinski definition) is 4. The molecule has 1 fully saturated rings. The Hall–Kier alpha value is -0.880. The van der Waals surface area contributed by atoms with Crippen LogP contribution in [0.5, 0.6) is 0 Å². The van der Waals surface area contributed by atoms with Crippen molar-refractivity contribution < 1.29 is 0 Å². The number of anilines is 1. The molecule has 0 amide bonds. The summed E-state index contributed by atoms with van der Waals surface area (Å²) in [6.07, 6.45) is 2.83. The monoisotopic (exact) mass is 342 g/mol. The second-order valence-corrected chi connectivity index (χ2v) is 6.79. The summed E-state index contributed by atoms with van der Waals surface area (Å²) < 4.78 is 2.07. The topological polar surface area (TPSA) is 50.2 Å². The Balaban J connectivity index is 2.18. The van der Waals surface area contributed by atoms with E-state index in [9.17, 15) is 4.79 Å². The normalized spacial score (nSPS) is 24.1. The Labute approximate surface area is 128 Å². The average Bonchev–Trinajstić information content (AvgIpc) is 2.37. The van der Waals surface area contributed by atoms with E-state index in [-0.39, 0.29) is 11.6 Å². The van der Waals surface area contributed by atoms with Gasteiger partial charge in [-0.15, -0.1) is 0 Å². The molecular formula is C14H23BrN4O. The largest absolute Gasteiger partial charge is 0.380 e. The zero-order valence-electron chi connectivity index (χ0n) is 12.6. The third-order valence-electron chi connectivity index (χ3n) is 3.88. The van der Waals surface area contributed by atoms with Crippen molar-refractivity contribution in [1.82, 2.24) is 14.7 Å². The highest BCUT2D eigenvalue weighted by Crippen LogP contribution is 2.24. The summed E-state index contributed by atoms with van der Waals surface area (Å²) in [6, 6.07) is 0.453. The lowest BCUT2D eigenvalue weighted by atomic mass is 9.94. The summed E-state index contributed by atoms with van der Waals surface area (Å²) in [5.74, 6) is 0.549. The first-order chi connectivity index (χ1) is 9.40. The summed E-state index contributed by atoms with van der Waals surface area (Å²) in [6.45, 7) is 8.30. The van der Waals surface area contributed by atoms with E-state index >= 15 is 0 Å². The maximum atomic E-state index is 12.2. The predicted molar refractivity (Wildman–Crippen MR) is 85.3 cm³/mol. The highest BCUT2D eigenvalue weighted by atomic mass is 79.9. The quantitative estimate of drug-likeness (QED) is 0.915. The van der Waals surface area contributed by atoms with E-state index < -0.39 is 0 Å². The summed E-state index contributed by atoms with van der Waals surface area (Å²) in [5.41, 5.74) is 0.721. The van der Waals surface area contributed by atoms with E-state index in [0.29, 0.717) is 16.4 Å². The fourth-order valence-corrected chi connectivity index (χ4v) is 3.08. The lowest BCUT2D eigenvalue weighted by Gasteiger charge is -2.35.